The van der Waals surface area contributed by atoms with Gasteiger partial charge in [-0.15, -0.1) is 11.3 Å². The van der Waals surface area contributed by atoms with Crippen LogP contribution in [-0.4, -0.2) is 72.6 Å². The normalized spacial score (nSPS) is 14.5. The van der Waals surface area contributed by atoms with Crippen LogP contribution in [0.25, 0.3) is 10.2 Å². The summed E-state index contributed by atoms with van der Waals surface area (Å²) in [5.41, 5.74) is 0.239. The van der Waals surface area contributed by atoms with Gasteiger partial charge < -0.3 is 25.0 Å². The number of nitrogens with one attached hydrogen (secondary N) is 2. The monoisotopic (exact) mass is 746 g/mol. The van der Waals surface area contributed by atoms with E-state index in [9.17, 15) is 18.0 Å². The summed E-state index contributed by atoms with van der Waals surface area (Å²) in [4.78, 5) is 26.2. The van der Waals surface area contributed by atoms with Crippen LogP contribution >= 0.6 is 50.5 Å². The predicted octanol–water partition coefficient (Wildman–Crippen LogP) is 7.93. The zero-order valence-electron chi connectivity index (χ0n) is 24.3. The van der Waals surface area contributed by atoms with Crippen molar-refractivity contribution in [1.29, 1.82) is 0 Å². The van der Waals surface area contributed by atoms with Crippen molar-refractivity contribution in [3.63, 3.8) is 0 Å². The van der Waals surface area contributed by atoms with Crippen LogP contribution in [0.1, 0.15) is 28.4 Å². The molecule has 0 radical (unpaired) electrons. The average Bonchev–Trinajstić information content (AvgIpc) is 3.46. The van der Waals surface area contributed by atoms with Gasteiger partial charge in [0, 0.05) is 43.8 Å². The number of benzene rings is 2. The number of carbonyl (C=O) groups is 1. The van der Waals surface area contributed by atoms with E-state index in [1.807, 2.05) is 4.90 Å². The molecule has 2 aromatic carbocycles. The first-order valence-corrected chi connectivity index (χ1v) is 16.1. The van der Waals surface area contributed by atoms with Crippen molar-refractivity contribution in [1.82, 2.24) is 19.8 Å². The van der Waals surface area contributed by atoms with Gasteiger partial charge in [0.2, 0.25) is 0 Å². The number of halogens is 6. The number of carbonyl (C=O) groups excluding carboxylic acids is 1. The van der Waals surface area contributed by atoms with Crippen LogP contribution in [0.3, 0.4) is 0 Å². The highest BCUT2D eigenvalue weighted by Gasteiger charge is 2.34. The quantitative estimate of drug-likeness (QED) is 0.179. The molecule has 45 heavy (non-hydrogen) atoms. The summed E-state index contributed by atoms with van der Waals surface area (Å²) in [6.07, 6.45) is -3.32. The number of ether oxygens (including phenoxy) is 2. The summed E-state index contributed by atoms with van der Waals surface area (Å²) in [5, 5.41) is 7.35. The first-order chi connectivity index (χ1) is 21.5. The van der Waals surface area contributed by atoms with Crippen molar-refractivity contribution in [2.45, 2.75) is 19.6 Å². The molecule has 0 spiro atoms. The molecule has 0 bridgehead atoms. The molecule has 4 aromatic rings. The van der Waals surface area contributed by atoms with Gasteiger partial charge in [-0.25, -0.2) is 9.97 Å². The molecular weight excluding hydrogens is 720 g/mol. The zero-order valence-corrected chi connectivity index (χ0v) is 28.2. The molecule has 5 rings (SSSR count). The molecule has 3 heterocycles. The number of nitrogens with zero attached hydrogens (tertiary/aromatic N) is 4. The molecule has 240 valence electrons. The molecule has 2 aromatic heterocycles. The smallest absolute Gasteiger partial charge is 0.416 e. The molecule has 0 atom stereocenters. The number of anilines is 3. The lowest BCUT2D eigenvalue weighted by molar-refractivity contribution is -0.138. The van der Waals surface area contributed by atoms with E-state index < -0.39 is 17.6 Å². The Balaban J connectivity index is 1.41. The lowest BCUT2D eigenvalue weighted by Gasteiger charge is -2.34. The summed E-state index contributed by atoms with van der Waals surface area (Å²) in [7, 11) is 2.81. The minimum atomic E-state index is -4.55. The third-order valence-corrected chi connectivity index (χ3v) is 9.88. The molecule has 9 nitrogen and oxygen atoms in total. The van der Waals surface area contributed by atoms with Gasteiger partial charge in [0.1, 0.15) is 20.8 Å². The fourth-order valence-electron chi connectivity index (χ4n) is 5.07. The van der Waals surface area contributed by atoms with E-state index in [2.05, 4.69) is 48.4 Å². The van der Waals surface area contributed by atoms with Gasteiger partial charge in [0.15, 0.2) is 17.3 Å². The number of aromatic nitrogens is 2. The van der Waals surface area contributed by atoms with E-state index in [-0.39, 0.29) is 61.9 Å². The number of fused-ring (bicyclic) bond motifs is 1. The standard InChI is InChI=1S/C29H28BrCl2F3N6O3S/c1-4-40-7-9-41(10-8-40)12-15-5-6-16(11-18(15)29(33,34)35)38-27-26-22(36-14-37-27)17(13-45-26)28(42)39-23-20(31)24(43-2)19(30)25(44-3)21(23)32/h5-6,11,13-14H,4,7-10,12H2,1-3H3,(H,39,42)(H,36,37,38). The summed E-state index contributed by atoms with van der Waals surface area (Å²) in [5.74, 6) is 0.0919. The van der Waals surface area contributed by atoms with Gasteiger partial charge in [-0.1, -0.05) is 36.2 Å². The molecular formula is C29H28BrCl2F3N6O3S. The minimum absolute atomic E-state index is 0.0483. The van der Waals surface area contributed by atoms with Crippen LogP contribution < -0.4 is 20.1 Å². The molecule has 16 heteroatoms. The summed E-state index contributed by atoms with van der Waals surface area (Å²) >= 11 is 17.5. The number of hydrogen-bond donors (Lipinski definition) is 2. The molecule has 1 amide bonds. The Morgan fingerprint density at radius 3 is 2.31 bits per heavy atom. The average molecular weight is 748 g/mol. The highest BCUT2D eigenvalue weighted by atomic mass is 79.9. The third kappa shape index (κ3) is 6.96. The van der Waals surface area contributed by atoms with Gasteiger partial charge in [-0.2, -0.15) is 13.2 Å². The van der Waals surface area contributed by atoms with Gasteiger partial charge in [0.05, 0.1) is 41.3 Å². The van der Waals surface area contributed by atoms with Crippen LogP contribution in [-0.2, 0) is 12.7 Å². The van der Waals surface area contributed by atoms with E-state index >= 15 is 0 Å². The van der Waals surface area contributed by atoms with Crippen molar-refractivity contribution in [3.05, 3.63) is 61.1 Å². The van der Waals surface area contributed by atoms with Crippen LogP contribution in [0.5, 0.6) is 11.5 Å². The zero-order chi connectivity index (χ0) is 32.5. The maximum absolute atomic E-state index is 14.2. The maximum atomic E-state index is 14.2. The van der Waals surface area contributed by atoms with Crippen molar-refractivity contribution >= 4 is 83.8 Å². The third-order valence-electron chi connectivity index (χ3n) is 7.47. The first-order valence-electron chi connectivity index (χ1n) is 13.7. The molecule has 0 saturated carbocycles. The SMILES string of the molecule is CCN1CCN(Cc2ccc(Nc3ncnc4c(C(=O)Nc5c(Cl)c(OC)c(Br)c(OC)c5Cl)csc34)cc2C(F)(F)F)CC1. The second-order valence-electron chi connectivity index (χ2n) is 10.1. The van der Waals surface area contributed by atoms with Crippen LogP contribution in [0.15, 0.2) is 34.4 Å². The van der Waals surface area contributed by atoms with E-state index in [1.165, 1.54) is 26.6 Å². The molecule has 0 unspecified atom stereocenters. The van der Waals surface area contributed by atoms with Crippen LogP contribution in [0.2, 0.25) is 10.0 Å². The Hall–Kier alpha value is -2.88. The summed E-state index contributed by atoms with van der Waals surface area (Å²) in [6, 6.07) is 4.18. The van der Waals surface area contributed by atoms with Gasteiger partial charge in [-0.3, -0.25) is 9.69 Å². The van der Waals surface area contributed by atoms with Crippen LogP contribution in [0.4, 0.5) is 30.4 Å². The Bertz CT molecular complexity index is 1700. The van der Waals surface area contributed by atoms with E-state index in [4.69, 9.17) is 32.7 Å². The van der Waals surface area contributed by atoms with E-state index in [1.54, 1.807) is 11.4 Å². The number of likely N-dealkylation sites (N-methyl/N-ethyl adjacent to an activating group) is 1. The molecule has 1 saturated heterocycles. The highest BCUT2D eigenvalue weighted by Crippen LogP contribution is 2.50. The molecule has 2 N–H and O–H groups in total. The van der Waals surface area contributed by atoms with E-state index in [0.717, 1.165) is 37.0 Å². The van der Waals surface area contributed by atoms with Crippen molar-refractivity contribution in [2.75, 3.05) is 57.6 Å². The lowest BCUT2D eigenvalue weighted by atomic mass is 10.0. The topological polar surface area (TPSA) is 91.9 Å². The molecule has 0 aliphatic carbocycles. The predicted molar refractivity (Wildman–Crippen MR) is 175 cm³/mol. The first kappa shape index (κ1) is 33.5. The number of alkyl halides is 3. The fraction of sp³-hybridized carbons (Fsp3) is 0.345. The summed E-state index contributed by atoms with van der Waals surface area (Å²) in [6.45, 7) is 6.28. The van der Waals surface area contributed by atoms with Crippen molar-refractivity contribution in [2.24, 2.45) is 0 Å². The Morgan fingerprint density at radius 1 is 1.07 bits per heavy atom. The largest absolute Gasteiger partial charge is 0.494 e. The molecule has 1 aliphatic heterocycles. The number of methoxy groups -OCH3 is 2. The van der Waals surface area contributed by atoms with Gasteiger partial charge >= 0.3 is 6.18 Å². The second kappa shape index (κ2) is 13.9. The number of amides is 1. The number of thiophene rings is 1. The lowest BCUT2D eigenvalue weighted by Crippen LogP contribution is -2.45. The maximum Gasteiger partial charge on any atom is 0.416 e. The van der Waals surface area contributed by atoms with Gasteiger partial charge in [0.25, 0.3) is 5.91 Å². The Morgan fingerprint density at radius 2 is 1.71 bits per heavy atom. The number of piperazine rings is 1. The molecule has 1 fully saturated rings. The fourth-order valence-corrected chi connectivity index (χ4v) is 7.63. The number of rotatable bonds is 9. The Labute approximate surface area is 279 Å². The van der Waals surface area contributed by atoms with E-state index in [0.29, 0.717) is 22.3 Å². The van der Waals surface area contributed by atoms with Crippen molar-refractivity contribution in [3.8, 4) is 11.5 Å². The van der Waals surface area contributed by atoms with Gasteiger partial charge in [-0.05, 0) is 40.2 Å². The second-order valence-corrected chi connectivity index (χ2v) is 12.5. The number of hydrogen-bond acceptors (Lipinski definition) is 9. The molecule has 1 aliphatic rings. The van der Waals surface area contributed by atoms with Crippen molar-refractivity contribution < 1.29 is 27.4 Å². The highest BCUT2D eigenvalue weighted by molar-refractivity contribution is 9.10. The van der Waals surface area contributed by atoms with Crippen LogP contribution in [0, 0.1) is 0 Å². The minimum Gasteiger partial charge on any atom is -0.494 e. The summed E-state index contributed by atoms with van der Waals surface area (Å²) < 4.78 is 54.1. The Kier molecular flexibility index (Phi) is 10.3.